The van der Waals surface area contributed by atoms with Crippen LogP contribution in [0.4, 0.5) is 0 Å². The van der Waals surface area contributed by atoms with Crippen LogP contribution in [0.5, 0.6) is 0 Å². The molecule has 2 heteroatoms. The number of hydrogen-bond donors (Lipinski definition) is 1. The third kappa shape index (κ3) is 1.28. The zero-order chi connectivity index (χ0) is 12.3. The Hall–Kier alpha value is -0.370. The normalized spacial score (nSPS) is 56.9. The second-order valence-corrected chi connectivity index (χ2v) is 7.21. The first-order valence-corrected chi connectivity index (χ1v) is 7.13. The highest BCUT2D eigenvalue weighted by molar-refractivity contribution is 5.58. The van der Waals surface area contributed by atoms with Crippen LogP contribution < -0.4 is 0 Å². The van der Waals surface area contributed by atoms with E-state index >= 15 is 0 Å². The van der Waals surface area contributed by atoms with E-state index in [4.69, 9.17) is 0 Å². The molecule has 3 aliphatic carbocycles. The number of aldehydes is 1. The largest absolute Gasteiger partial charge is 0.396 e. The third-order valence-corrected chi connectivity index (χ3v) is 6.55. The lowest BCUT2D eigenvalue weighted by Crippen LogP contribution is -2.35. The maximum absolute atomic E-state index is 11.5. The maximum atomic E-state index is 11.5. The molecule has 0 aromatic rings. The summed E-state index contributed by atoms with van der Waals surface area (Å²) in [5, 5.41) is 9.81. The minimum atomic E-state index is 0.0708. The van der Waals surface area contributed by atoms with Gasteiger partial charge in [-0.25, -0.2) is 0 Å². The zero-order valence-corrected chi connectivity index (χ0v) is 11.0. The van der Waals surface area contributed by atoms with Crippen LogP contribution in [0.15, 0.2) is 0 Å². The van der Waals surface area contributed by atoms with E-state index < -0.39 is 0 Å². The van der Waals surface area contributed by atoms with E-state index in [1.807, 2.05) is 0 Å². The molecule has 6 atom stereocenters. The minimum absolute atomic E-state index is 0.0708. The number of carbonyl (C=O) groups is 1. The number of aliphatic hydroxyl groups excluding tert-OH is 1. The smallest absolute Gasteiger partial charge is 0.123 e. The van der Waals surface area contributed by atoms with Crippen LogP contribution in [0, 0.1) is 34.5 Å². The Kier molecular flexibility index (Phi) is 2.46. The highest BCUT2D eigenvalue weighted by atomic mass is 16.3. The molecule has 1 N–H and O–H groups in total. The summed E-state index contributed by atoms with van der Waals surface area (Å²) in [4.78, 5) is 11.5. The summed E-state index contributed by atoms with van der Waals surface area (Å²) in [5.41, 5.74) is 0.309. The van der Waals surface area contributed by atoms with E-state index in [2.05, 4.69) is 13.8 Å². The quantitative estimate of drug-likeness (QED) is 0.748. The highest BCUT2D eigenvalue weighted by Crippen LogP contribution is 2.70. The number of carbonyl (C=O) groups excluding carboxylic acids is 1. The first kappa shape index (κ1) is 11.7. The average Bonchev–Trinajstić information content (AvgIpc) is 2.79. The molecule has 3 fully saturated rings. The summed E-state index contributed by atoms with van der Waals surface area (Å²) < 4.78 is 0. The van der Waals surface area contributed by atoms with Gasteiger partial charge in [0.15, 0.2) is 0 Å². The third-order valence-electron chi connectivity index (χ3n) is 6.55. The van der Waals surface area contributed by atoms with Crippen molar-refractivity contribution >= 4 is 6.29 Å². The average molecular weight is 236 g/mol. The fourth-order valence-corrected chi connectivity index (χ4v) is 5.74. The first-order valence-electron chi connectivity index (χ1n) is 7.13. The van der Waals surface area contributed by atoms with Crippen LogP contribution in [-0.2, 0) is 4.79 Å². The predicted octanol–water partition coefficient (Wildman–Crippen LogP) is 2.65. The summed E-state index contributed by atoms with van der Waals surface area (Å²) in [6, 6.07) is 0. The monoisotopic (exact) mass is 236 g/mol. The molecule has 0 amide bonds. The van der Waals surface area contributed by atoms with E-state index in [9.17, 15) is 9.90 Å². The molecule has 3 aliphatic rings. The molecule has 0 aromatic heterocycles. The molecule has 0 saturated heterocycles. The number of aliphatic hydroxyl groups is 1. The van der Waals surface area contributed by atoms with Crippen LogP contribution in [-0.4, -0.2) is 18.0 Å². The Labute approximate surface area is 104 Å². The van der Waals surface area contributed by atoms with Crippen LogP contribution in [0.3, 0.4) is 0 Å². The molecule has 0 aliphatic heterocycles. The van der Waals surface area contributed by atoms with Gasteiger partial charge in [0, 0.05) is 12.5 Å². The number of hydrogen-bond acceptors (Lipinski definition) is 2. The molecular formula is C15H24O2. The van der Waals surface area contributed by atoms with E-state index in [1.54, 1.807) is 0 Å². The van der Waals surface area contributed by atoms with Gasteiger partial charge in [-0.15, -0.1) is 0 Å². The van der Waals surface area contributed by atoms with Gasteiger partial charge >= 0.3 is 0 Å². The molecule has 17 heavy (non-hydrogen) atoms. The van der Waals surface area contributed by atoms with E-state index in [0.29, 0.717) is 24.4 Å². The Morgan fingerprint density at radius 2 is 2.06 bits per heavy atom. The molecule has 0 heterocycles. The van der Waals surface area contributed by atoms with Crippen molar-refractivity contribution in [1.29, 1.82) is 0 Å². The van der Waals surface area contributed by atoms with Gasteiger partial charge in [0.05, 0.1) is 0 Å². The van der Waals surface area contributed by atoms with Crippen molar-refractivity contribution in [3.8, 4) is 0 Å². The van der Waals surface area contributed by atoms with Gasteiger partial charge in [-0.05, 0) is 54.3 Å². The molecule has 96 valence electrons. The molecule has 0 radical (unpaired) electrons. The van der Waals surface area contributed by atoms with Gasteiger partial charge in [-0.3, -0.25) is 0 Å². The van der Waals surface area contributed by atoms with Gasteiger partial charge in [0.1, 0.15) is 6.29 Å². The highest BCUT2D eigenvalue weighted by Gasteiger charge is 2.65. The molecule has 3 rings (SSSR count). The maximum Gasteiger partial charge on any atom is 0.123 e. The lowest BCUT2D eigenvalue weighted by molar-refractivity contribution is -0.117. The molecule has 2 nitrogen and oxygen atoms in total. The zero-order valence-electron chi connectivity index (χ0n) is 11.0. The summed E-state index contributed by atoms with van der Waals surface area (Å²) in [5.74, 6) is 2.09. The van der Waals surface area contributed by atoms with E-state index in [0.717, 1.165) is 6.42 Å². The van der Waals surface area contributed by atoms with Crippen molar-refractivity contribution in [2.75, 3.05) is 6.61 Å². The Morgan fingerprint density at radius 3 is 2.71 bits per heavy atom. The fraction of sp³-hybridized carbons (Fsp3) is 0.933. The van der Waals surface area contributed by atoms with Gasteiger partial charge < -0.3 is 9.90 Å². The van der Waals surface area contributed by atoms with Crippen molar-refractivity contribution in [2.24, 2.45) is 34.5 Å². The summed E-state index contributed by atoms with van der Waals surface area (Å²) in [6.07, 6.45) is 7.24. The molecule has 0 aromatic carbocycles. The molecule has 6 unspecified atom stereocenters. The fourth-order valence-electron chi connectivity index (χ4n) is 5.74. The SMILES string of the molecule is CC1(CO)CCCC2(C)C(C=O)C3CCC2C31. The lowest BCUT2D eigenvalue weighted by Gasteiger charge is -2.38. The van der Waals surface area contributed by atoms with Crippen LogP contribution in [0.2, 0.25) is 0 Å². The standard InChI is InChI=1S/C15H24O2/c1-14(9-17)6-3-7-15(2)11-5-4-10(13(11)14)12(15)8-16/h8,10-13,17H,3-7,9H2,1-2H3. The van der Waals surface area contributed by atoms with Crippen LogP contribution >= 0.6 is 0 Å². The number of rotatable bonds is 2. The van der Waals surface area contributed by atoms with Gasteiger partial charge in [0.25, 0.3) is 0 Å². The first-order chi connectivity index (χ1) is 8.07. The summed E-state index contributed by atoms with van der Waals surface area (Å²) in [7, 11) is 0. The molecule has 4 bridgehead atoms. The van der Waals surface area contributed by atoms with E-state index in [-0.39, 0.29) is 16.7 Å². The minimum Gasteiger partial charge on any atom is -0.396 e. The van der Waals surface area contributed by atoms with E-state index in [1.165, 1.54) is 32.0 Å². The van der Waals surface area contributed by atoms with Gasteiger partial charge in [0.2, 0.25) is 0 Å². The van der Waals surface area contributed by atoms with Crippen molar-refractivity contribution in [3.05, 3.63) is 0 Å². The van der Waals surface area contributed by atoms with Crippen molar-refractivity contribution in [3.63, 3.8) is 0 Å². The topological polar surface area (TPSA) is 37.3 Å². The predicted molar refractivity (Wildman–Crippen MR) is 66.4 cm³/mol. The van der Waals surface area contributed by atoms with Crippen molar-refractivity contribution in [1.82, 2.24) is 0 Å². The lowest BCUT2D eigenvalue weighted by atomic mass is 9.65. The second-order valence-electron chi connectivity index (χ2n) is 7.21. The Bertz CT molecular complexity index is 340. The molecule has 3 saturated carbocycles. The van der Waals surface area contributed by atoms with Crippen molar-refractivity contribution in [2.45, 2.75) is 46.0 Å². The Morgan fingerprint density at radius 1 is 1.29 bits per heavy atom. The second kappa shape index (κ2) is 3.57. The Balaban J connectivity index is 2.06. The van der Waals surface area contributed by atoms with Crippen LogP contribution in [0.25, 0.3) is 0 Å². The summed E-state index contributed by atoms with van der Waals surface area (Å²) >= 11 is 0. The molecule has 0 spiro atoms. The molecular weight excluding hydrogens is 212 g/mol. The van der Waals surface area contributed by atoms with Crippen molar-refractivity contribution < 1.29 is 9.90 Å². The van der Waals surface area contributed by atoms with Crippen LogP contribution in [0.1, 0.15) is 46.0 Å². The van der Waals surface area contributed by atoms with Gasteiger partial charge in [-0.2, -0.15) is 0 Å². The van der Waals surface area contributed by atoms with Gasteiger partial charge in [-0.1, -0.05) is 20.3 Å². The summed E-state index contributed by atoms with van der Waals surface area (Å²) in [6.45, 7) is 4.89.